The maximum Gasteiger partial charge on any atom is 0.408 e. The predicted octanol–water partition coefficient (Wildman–Crippen LogP) is 1.41. The van der Waals surface area contributed by atoms with Gasteiger partial charge in [0.15, 0.2) is 5.78 Å². The Labute approximate surface area is 102 Å². The van der Waals surface area contributed by atoms with Crippen LogP contribution in [0.2, 0.25) is 0 Å². The summed E-state index contributed by atoms with van der Waals surface area (Å²) in [6.45, 7) is 5.78. The summed E-state index contributed by atoms with van der Waals surface area (Å²) in [7, 11) is 3.65. The molecule has 0 bridgehead atoms. The van der Waals surface area contributed by atoms with Crippen molar-refractivity contribution >= 4 is 11.9 Å². The fourth-order valence-electron chi connectivity index (χ4n) is 2.19. The monoisotopic (exact) mass is 240 g/mol. The zero-order chi connectivity index (χ0) is 13.4. The number of Topliss-reactive ketones (excluding diaryl/α,β-unsaturated/α-hetero) is 1. The summed E-state index contributed by atoms with van der Waals surface area (Å²) >= 11 is 0. The van der Waals surface area contributed by atoms with Crippen LogP contribution < -0.4 is 0 Å². The van der Waals surface area contributed by atoms with Crippen LogP contribution in [0.4, 0.5) is 4.79 Å². The summed E-state index contributed by atoms with van der Waals surface area (Å²) in [5, 5.41) is 9.15. The van der Waals surface area contributed by atoms with E-state index in [1.165, 1.54) is 4.90 Å². The highest BCUT2D eigenvalue weighted by Gasteiger charge is 2.45. The van der Waals surface area contributed by atoms with E-state index in [4.69, 9.17) is 5.11 Å². The van der Waals surface area contributed by atoms with Crippen LogP contribution in [0.3, 0.4) is 0 Å². The van der Waals surface area contributed by atoms with Gasteiger partial charge in [-0.3, -0.25) is 9.69 Å². The summed E-state index contributed by atoms with van der Waals surface area (Å²) in [4.78, 5) is 26.0. The first-order valence-corrected chi connectivity index (χ1v) is 5.55. The average Bonchev–Trinajstić information content (AvgIpc) is 2.42. The molecule has 5 nitrogen and oxygen atoms in total. The van der Waals surface area contributed by atoms with Gasteiger partial charge in [0.25, 0.3) is 0 Å². The van der Waals surface area contributed by atoms with Gasteiger partial charge in [-0.15, -0.1) is 0 Å². The zero-order valence-electron chi connectivity index (χ0n) is 11.0. The van der Waals surface area contributed by atoms with Crippen molar-refractivity contribution in [1.29, 1.82) is 0 Å². The molecule has 96 valence electrons. The Bertz CT molecular complexity index is 366. The van der Waals surface area contributed by atoms with E-state index in [0.717, 1.165) is 0 Å². The van der Waals surface area contributed by atoms with E-state index in [9.17, 15) is 9.59 Å². The Morgan fingerprint density at radius 1 is 1.47 bits per heavy atom. The number of rotatable bonds is 1. The highest BCUT2D eigenvalue weighted by molar-refractivity contribution is 6.03. The van der Waals surface area contributed by atoms with Gasteiger partial charge in [0.05, 0.1) is 12.6 Å². The van der Waals surface area contributed by atoms with Gasteiger partial charge in [-0.2, -0.15) is 0 Å². The van der Waals surface area contributed by atoms with Crippen molar-refractivity contribution in [2.75, 3.05) is 20.6 Å². The Hall–Kier alpha value is -1.52. The van der Waals surface area contributed by atoms with Gasteiger partial charge in [0.1, 0.15) is 0 Å². The molecule has 1 saturated heterocycles. The Balaban J connectivity index is 3.20. The van der Waals surface area contributed by atoms with E-state index in [2.05, 4.69) is 0 Å². The Morgan fingerprint density at radius 3 is 2.35 bits per heavy atom. The molecule has 1 fully saturated rings. The molecule has 17 heavy (non-hydrogen) atoms. The highest BCUT2D eigenvalue weighted by atomic mass is 16.4. The minimum atomic E-state index is -1.04. The van der Waals surface area contributed by atoms with Gasteiger partial charge in [0, 0.05) is 25.9 Å². The fourth-order valence-corrected chi connectivity index (χ4v) is 2.19. The van der Waals surface area contributed by atoms with E-state index in [0.29, 0.717) is 5.57 Å². The molecule has 0 radical (unpaired) electrons. The van der Waals surface area contributed by atoms with Crippen LogP contribution in [0.5, 0.6) is 0 Å². The fraction of sp³-hybridized carbons (Fsp3) is 0.667. The average molecular weight is 240 g/mol. The molecular formula is C12H20N2O3. The van der Waals surface area contributed by atoms with Crippen LogP contribution in [0.1, 0.15) is 20.8 Å². The standard InChI is InChI=1S/C12H20N2O3/c1-12(2,3)10-8(6-13(4)5)9(15)7-14(10)11(16)17/h6,10H,7H2,1-5H3,(H,16,17). The maximum absolute atomic E-state index is 11.9. The lowest BCUT2D eigenvalue weighted by atomic mass is 9.82. The third kappa shape index (κ3) is 2.78. The molecule has 1 amide bonds. The van der Waals surface area contributed by atoms with Crippen molar-refractivity contribution in [3.8, 4) is 0 Å². The molecule has 1 heterocycles. The van der Waals surface area contributed by atoms with Crippen LogP contribution in [0.25, 0.3) is 0 Å². The third-order valence-electron chi connectivity index (χ3n) is 2.71. The molecule has 1 atom stereocenters. The smallest absolute Gasteiger partial charge is 0.408 e. The van der Waals surface area contributed by atoms with Crippen molar-refractivity contribution in [1.82, 2.24) is 9.80 Å². The molecule has 0 aromatic carbocycles. The van der Waals surface area contributed by atoms with Gasteiger partial charge >= 0.3 is 6.09 Å². The lowest BCUT2D eigenvalue weighted by Crippen LogP contribution is -2.43. The van der Waals surface area contributed by atoms with Crippen LogP contribution >= 0.6 is 0 Å². The normalized spacial score (nSPS) is 23.4. The number of hydrogen-bond donors (Lipinski definition) is 1. The first-order valence-electron chi connectivity index (χ1n) is 5.55. The lowest BCUT2D eigenvalue weighted by Gasteiger charge is -2.33. The first kappa shape index (κ1) is 13.5. The van der Waals surface area contributed by atoms with E-state index < -0.39 is 6.09 Å². The van der Waals surface area contributed by atoms with Crippen LogP contribution in [-0.4, -0.2) is 53.5 Å². The molecule has 0 aromatic heterocycles. The van der Waals surface area contributed by atoms with Gasteiger partial charge in [-0.25, -0.2) is 4.79 Å². The van der Waals surface area contributed by atoms with Crippen LogP contribution in [0.15, 0.2) is 11.8 Å². The molecular weight excluding hydrogens is 220 g/mol. The molecule has 1 N–H and O–H groups in total. The van der Waals surface area contributed by atoms with Crippen molar-refractivity contribution in [2.45, 2.75) is 26.8 Å². The lowest BCUT2D eigenvalue weighted by molar-refractivity contribution is -0.114. The summed E-state index contributed by atoms with van der Waals surface area (Å²) in [6.07, 6.45) is 0.682. The molecule has 0 spiro atoms. The van der Waals surface area contributed by atoms with Crippen LogP contribution in [0, 0.1) is 5.41 Å². The maximum atomic E-state index is 11.9. The van der Waals surface area contributed by atoms with E-state index in [1.54, 1.807) is 11.1 Å². The number of ketones is 1. The Kier molecular flexibility index (Phi) is 3.50. The van der Waals surface area contributed by atoms with Gasteiger partial charge in [-0.1, -0.05) is 20.8 Å². The number of likely N-dealkylation sites (tertiary alicyclic amines) is 1. The summed E-state index contributed by atoms with van der Waals surface area (Å²) in [6, 6.07) is -0.380. The second-order valence-corrected chi connectivity index (χ2v) is 5.65. The molecule has 0 aromatic rings. The van der Waals surface area contributed by atoms with Gasteiger partial charge in [0.2, 0.25) is 0 Å². The predicted molar refractivity (Wildman–Crippen MR) is 64.8 cm³/mol. The minimum Gasteiger partial charge on any atom is -0.465 e. The summed E-state index contributed by atoms with van der Waals surface area (Å²) < 4.78 is 0. The molecule has 1 aliphatic rings. The molecule has 1 rings (SSSR count). The van der Waals surface area contributed by atoms with Gasteiger partial charge in [-0.05, 0) is 5.41 Å². The van der Waals surface area contributed by atoms with Gasteiger partial charge < -0.3 is 10.0 Å². The SMILES string of the molecule is CN(C)C=C1C(=O)CN(C(=O)O)C1C(C)(C)C. The van der Waals surface area contributed by atoms with Crippen molar-refractivity contribution in [3.05, 3.63) is 11.8 Å². The molecule has 1 aliphatic heterocycles. The molecule has 0 aliphatic carbocycles. The number of carboxylic acid groups (broad SMARTS) is 1. The van der Waals surface area contributed by atoms with Crippen molar-refractivity contribution in [2.24, 2.45) is 5.41 Å². The molecule has 5 heteroatoms. The van der Waals surface area contributed by atoms with Crippen molar-refractivity contribution < 1.29 is 14.7 Å². The second kappa shape index (κ2) is 4.39. The second-order valence-electron chi connectivity index (χ2n) is 5.65. The minimum absolute atomic E-state index is 0.0447. The number of carbonyl (C=O) groups excluding carboxylic acids is 1. The molecule has 0 saturated carbocycles. The number of nitrogens with zero attached hydrogens (tertiary/aromatic N) is 2. The summed E-state index contributed by atoms with van der Waals surface area (Å²) in [5.74, 6) is -0.110. The van der Waals surface area contributed by atoms with E-state index in [1.807, 2.05) is 34.9 Å². The zero-order valence-corrected chi connectivity index (χ0v) is 11.0. The quantitative estimate of drug-likeness (QED) is 0.704. The number of carbonyl (C=O) groups is 2. The largest absolute Gasteiger partial charge is 0.465 e. The topological polar surface area (TPSA) is 60.9 Å². The highest BCUT2D eigenvalue weighted by Crippen LogP contribution is 2.35. The molecule has 1 unspecified atom stereocenters. The summed E-state index contributed by atoms with van der Waals surface area (Å²) in [5.41, 5.74) is 0.275. The van der Waals surface area contributed by atoms with Crippen LogP contribution in [-0.2, 0) is 4.79 Å². The van der Waals surface area contributed by atoms with E-state index in [-0.39, 0.29) is 23.8 Å². The third-order valence-corrected chi connectivity index (χ3v) is 2.71. The first-order chi connectivity index (χ1) is 7.64. The number of hydrogen-bond acceptors (Lipinski definition) is 3. The van der Waals surface area contributed by atoms with E-state index >= 15 is 0 Å². The van der Waals surface area contributed by atoms with Crippen molar-refractivity contribution in [3.63, 3.8) is 0 Å². The Morgan fingerprint density at radius 2 is 2.00 bits per heavy atom. The number of amides is 1.